The fourth-order valence-electron chi connectivity index (χ4n) is 3.41. The number of carbonyl (C=O) groups excluding carboxylic acids is 1. The SMILES string of the molecule is COc1ccc(C2CC23OC(=O)c2ccccc23)cc1[N+](=O)[O-]. The number of benzene rings is 2. The molecule has 6 nitrogen and oxygen atoms in total. The second kappa shape index (κ2) is 4.55. The number of ether oxygens (including phenoxy) is 2. The third kappa shape index (κ3) is 1.84. The first-order valence-corrected chi connectivity index (χ1v) is 7.22. The minimum atomic E-state index is -0.671. The number of carbonyl (C=O) groups is 1. The third-order valence-corrected chi connectivity index (χ3v) is 4.59. The second-order valence-corrected chi connectivity index (χ2v) is 5.77. The summed E-state index contributed by atoms with van der Waals surface area (Å²) >= 11 is 0. The van der Waals surface area contributed by atoms with Crippen LogP contribution in [0.4, 0.5) is 5.69 Å². The summed E-state index contributed by atoms with van der Waals surface area (Å²) < 4.78 is 10.6. The van der Waals surface area contributed by atoms with Crippen LogP contribution >= 0.6 is 0 Å². The Labute approximate surface area is 131 Å². The van der Waals surface area contributed by atoms with Gasteiger partial charge >= 0.3 is 11.7 Å². The maximum absolute atomic E-state index is 12.0. The number of hydrogen-bond donors (Lipinski definition) is 0. The molecule has 2 aliphatic rings. The largest absolute Gasteiger partial charge is 0.490 e. The number of nitro groups is 1. The second-order valence-electron chi connectivity index (χ2n) is 5.77. The van der Waals surface area contributed by atoms with Gasteiger partial charge in [-0.15, -0.1) is 0 Å². The molecule has 116 valence electrons. The molecule has 2 atom stereocenters. The number of nitro benzene ring substituents is 1. The maximum atomic E-state index is 12.0. The Morgan fingerprint density at radius 1 is 1.30 bits per heavy atom. The van der Waals surface area contributed by atoms with Crippen LogP contribution in [0.25, 0.3) is 0 Å². The molecule has 1 aliphatic heterocycles. The Hall–Kier alpha value is -2.89. The highest BCUT2D eigenvalue weighted by Gasteiger charge is 2.64. The van der Waals surface area contributed by atoms with Gasteiger partial charge in [0.15, 0.2) is 5.75 Å². The van der Waals surface area contributed by atoms with Crippen molar-refractivity contribution in [2.75, 3.05) is 7.11 Å². The molecule has 2 aromatic rings. The van der Waals surface area contributed by atoms with E-state index in [0.717, 1.165) is 11.1 Å². The molecule has 0 bridgehead atoms. The fraction of sp³-hybridized carbons (Fsp3) is 0.235. The van der Waals surface area contributed by atoms with Crippen LogP contribution in [0.3, 0.4) is 0 Å². The first-order chi connectivity index (χ1) is 11.1. The summed E-state index contributed by atoms with van der Waals surface area (Å²) in [7, 11) is 1.40. The molecule has 1 saturated carbocycles. The molecule has 0 aromatic heterocycles. The van der Waals surface area contributed by atoms with Crippen molar-refractivity contribution in [3.8, 4) is 5.75 Å². The molecule has 23 heavy (non-hydrogen) atoms. The monoisotopic (exact) mass is 311 g/mol. The zero-order valence-electron chi connectivity index (χ0n) is 12.3. The summed E-state index contributed by atoms with van der Waals surface area (Å²) in [5, 5.41) is 11.2. The minimum absolute atomic E-state index is 0.0697. The summed E-state index contributed by atoms with van der Waals surface area (Å²) in [6, 6.07) is 12.2. The van der Waals surface area contributed by atoms with Crippen molar-refractivity contribution in [2.24, 2.45) is 0 Å². The molecule has 1 spiro atoms. The average Bonchev–Trinajstić information content (AvgIpc) is 3.21. The van der Waals surface area contributed by atoms with Crippen LogP contribution in [0.15, 0.2) is 42.5 Å². The molecule has 6 heteroatoms. The van der Waals surface area contributed by atoms with Gasteiger partial charge < -0.3 is 9.47 Å². The zero-order chi connectivity index (χ0) is 16.2. The molecule has 0 N–H and O–H groups in total. The average molecular weight is 311 g/mol. The smallest absolute Gasteiger partial charge is 0.339 e. The molecule has 0 saturated heterocycles. The van der Waals surface area contributed by atoms with E-state index in [1.54, 1.807) is 24.3 Å². The third-order valence-electron chi connectivity index (χ3n) is 4.59. The standard InChI is InChI=1S/C17H13NO5/c1-22-15-7-6-10(8-14(15)18(20)21)13-9-17(13)12-5-3-2-4-11(12)16(19)23-17/h2-8,13H,9H2,1H3. The quantitative estimate of drug-likeness (QED) is 0.494. The summed E-state index contributed by atoms with van der Waals surface area (Å²) in [5.41, 5.74) is 1.48. The normalized spacial score (nSPS) is 24.2. The van der Waals surface area contributed by atoms with E-state index in [4.69, 9.17) is 9.47 Å². The molecule has 1 fully saturated rings. The number of methoxy groups -OCH3 is 1. The Kier molecular flexibility index (Phi) is 2.72. The highest BCUT2D eigenvalue weighted by molar-refractivity contribution is 5.95. The van der Waals surface area contributed by atoms with E-state index in [2.05, 4.69) is 0 Å². The van der Waals surface area contributed by atoms with Gasteiger partial charge in [0, 0.05) is 24.0 Å². The Morgan fingerprint density at radius 3 is 2.83 bits per heavy atom. The van der Waals surface area contributed by atoms with Crippen molar-refractivity contribution >= 4 is 11.7 Å². The van der Waals surface area contributed by atoms with Crippen molar-refractivity contribution in [3.05, 3.63) is 69.3 Å². The zero-order valence-corrected chi connectivity index (χ0v) is 12.3. The Morgan fingerprint density at radius 2 is 2.09 bits per heavy atom. The van der Waals surface area contributed by atoms with E-state index in [9.17, 15) is 14.9 Å². The molecule has 0 amide bonds. The van der Waals surface area contributed by atoms with Crippen molar-refractivity contribution in [1.82, 2.24) is 0 Å². The van der Waals surface area contributed by atoms with Crippen molar-refractivity contribution < 1.29 is 19.2 Å². The van der Waals surface area contributed by atoms with E-state index in [0.29, 0.717) is 12.0 Å². The van der Waals surface area contributed by atoms with Crippen molar-refractivity contribution in [3.63, 3.8) is 0 Å². The predicted octanol–water partition coefficient (Wildman–Crippen LogP) is 3.16. The van der Waals surface area contributed by atoms with Crippen LogP contribution in [-0.2, 0) is 10.3 Å². The van der Waals surface area contributed by atoms with E-state index in [1.807, 2.05) is 12.1 Å². The molecule has 4 rings (SSSR count). The Balaban J connectivity index is 1.74. The minimum Gasteiger partial charge on any atom is -0.490 e. The van der Waals surface area contributed by atoms with E-state index >= 15 is 0 Å². The lowest BCUT2D eigenvalue weighted by atomic mass is 9.99. The van der Waals surface area contributed by atoms with Gasteiger partial charge in [-0.05, 0) is 17.7 Å². The van der Waals surface area contributed by atoms with Gasteiger partial charge in [0.25, 0.3) is 0 Å². The Bertz CT molecular complexity index is 847. The van der Waals surface area contributed by atoms with Crippen molar-refractivity contribution in [2.45, 2.75) is 17.9 Å². The highest BCUT2D eigenvalue weighted by Crippen LogP contribution is 2.65. The van der Waals surface area contributed by atoms with Crippen LogP contribution in [0, 0.1) is 10.1 Å². The van der Waals surface area contributed by atoms with Crippen molar-refractivity contribution in [1.29, 1.82) is 0 Å². The lowest BCUT2D eigenvalue weighted by Crippen LogP contribution is -2.09. The number of nitrogens with zero attached hydrogens (tertiary/aromatic N) is 1. The summed E-state index contributed by atoms with van der Waals surface area (Å²) in [6.45, 7) is 0. The lowest BCUT2D eigenvalue weighted by molar-refractivity contribution is -0.385. The number of hydrogen-bond acceptors (Lipinski definition) is 5. The molecule has 2 unspecified atom stereocenters. The molecule has 0 radical (unpaired) electrons. The van der Waals surface area contributed by atoms with Crippen LogP contribution in [-0.4, -0.2) is 18.0 Å². The van der Waals surface area contributed by atoms with Gasteiger partial charge in [-0.2, -0.15) is 0 Å². The summed E-state index contributed by atoms with van der Waals surface area (Å²) in [4.78, 5) is 22.7. The maximum Gasteiger partial charge on any atom is 0.339 e. The number of rotatable bonds is 3. The number of fused-ring (bicyclic) bond motifs is 2. The van der Waals surface area contributed by atoms with Gasteiger partial charge in [0.05, 0.1) is 17.6 Å². The van der Waals surface area contributed by atoms with E-state index in [-0.39, 0.29) is 23.3 Å². The predicted molar refractivity (Wildman–Crippen MR) is 80.5 cm³/mol. The summed E-state index contributed by atoms with van der Waals surface area (Å²) in [6.07, 6.45) is 0.638. The lowest BCUT2D eigenvalue weighted by Gasteiger charge is -2.11. The van der Waals surface area contributed by atoms with Gasteiger partial charge in [-0.3, -0.25) is 10.1 Å². The molecule has 2 aromatic carbocycles. The van der Waals surface area contributed by atoms with Gasteiger partial charge in [-0.1, -0.05) is 24.3 Å². The van der Waals surface area contributed by atoms with Crippen LogP contribution in [0.5, 0.6) is 5.75 Å². The van der Waals surface area contributed by atoms with Crippen LogP contribution < -0.4 is 4.74 Å². The van der Waals surface area contributed by atoms with E-state index in [1.165, 1.54) is 13.2 Å². The molecule has 1 heterocycles. The molecular weight excluding hydrogens is 298 g/mol. The van der Waals surface area contributed by atoms with Gasteiger partial charge in [0.2, 0.25) is 0 Å². The van der Waals surface area contributed by atoms with Gasteiger partial charge in [-0.25, -0.2) is 4.79 Å². The highest BCUT2D eigenvalue weighted by atomic mass is 16.6. The first-order valence-electron chi connectivity index (χ1n) is 7.22. The number of esters is 1. The van der Waals surface area contributed by atoms with Crippen LogP contribution in [0.2, 0.25) is 0 Å². The van der Waals surface area contributed by atoms with Gasteiger partial charge in [0.1, 0.15) is 5.60 Å². The first kappa shape index (κ1) is 13.8. The summed E-state index contributed by atoms with van der Waals surface area (Å²) in [5.74, 6) is -0.178. The molecule has 1 aliphatic carbocycles. The van der Waals surface area contributed by atoms with Crippen LogP contribution in [0.1, 0.15) is 33.8 Å². The van der Waals surface area contributed by atoms with E-state index < -0.39 is 10.5 Å². The molecular formula is C17H13NO5. The fourth-order valence-corrected chi connectivity index (χ4v) is 3.41. The topological polar surface area (TPSA) is 78.7 Å².